The summed E-state index contributed by atoms with van der Waals surface area (Å²) in [6, 6.07) is 10.2. The molecule has 0 spiro atoms. The molecular formula is C19H20F3N5O. The maximum Gasteiger partial charge on any atom is 0.435 e. The molecule has 0 saturated carbocycles. The van der Waals surface area contributed by atoms with Crippen molar-refractivity contribution in [2.75, 3.05) is 5.32 Å². The third-order valence-corrected chi connectivity index (χ3v) is 4.26. The van der Waals surface area contributed by atoms with Crippen LogP contribution < -0.4 is 5.32 Å². The molecule has 0 bridgehead atoms. The molecule has 3 rings (SSSR count). The Morgan fingerprint density at radius 2 is 2.04 bits per heavy atom. The average molecular weight is 391 g/mol. The Hall–Kier alpha value is -3.10. The van der Waals surface area contributed by atoms with E-state index in [4.69, 9.17) is 0 Å². The van der Waals surface area contributed by atoms with Crippen molar-refractivity contribution in [3.05, 3.63) is 65.7 Å². The highest BCUT2D eigenvalue weighted by molar-refractivity contribution is 5.92. The molecule has 6 nitrogen and oxygen atoms in total. The van der Waals surface area contributed by atoms with Crippen molar-refractivity contribution in [3.63, 3.8) is 0 Å². The lowest BCUT2D eigenvalue weighted by atomic mass is 10.1. The number of alkyl halides is 3. The fraction of sp³-hybridized carbons (Fsp3) is 0.316. The van der Waals surface area contributed by atoms with Crippen molar-refractivity contribution in [1.29, 1.82) is 0 Å². The Morgan fingerprint density at radius 3 is 2.68 bits per heavy atom. The van der Waals surface area contributed by atoms with Gasteiger partial charge in [-0.3, -0.25) is 14.2 Å². The van der Waals surface area contributed by atoms with E-state index in [1.165, 1.54) is 11.6 Å². The third-order valence-electron chi connectivity index (χ3n) is 4.26. The molecule has 0 aliphatic rings. The van der Waals surface area contributed by atoms with Gasteiger partial charge in [0.2, 0.25) is 5.91 Å². The minimum Gasteiger partial charge on any atom is -0.326 e. The average Bonchev–Trinajstić information content (AvgIpc) is 3.25. The number of benzene rings is 1. The summed E-state index contributed by atoms with van der Waals surface area (Å²) in [4.78, 5) is 12.5. The fourth-order valence-corrected chi connectivity index (χ4v) is 2.77. The van der Waals surface area contributed by atoms with E-state index in [-0.39, 0.29) is 12.5 Å². The summed E-state index contributed by atoms with van der Waals surface area (Å²) in [7, 11) is 0. The van der Waals surface area contributed by atoms with Crippen molar-refractivity contribution in [1.82, 2.24) is 19.6 Å². The van der Waals surface area contributed by atoms with E-state index in [0.717, 1.165) is 11.6 Å². The third kappa shape index (κ3) is 4.79. The topological polar surface area (TPSA) is 64.7 Å². The van der Waals surface area contributed by atoms with E-state index in [9.17, 15) is 18.0 Å². The maximum atomic E-state index is 12.8. The second-order valence-electron chi connectivity index (χ2n) is 6.65. The molecule has 148 valence electrons. The Bertz CT molecular complexity index is 947. The van der Waals surface area contributed by atoms with Crippen LogP contribution in [0.2, 0.25) is 0 Å². The van der Waals surface area contributed by atoms with Gasteiger partial charge in [-0.05, 0) is 36.8 Å². The zero-order valence-electron chi connectivity index (χ0n) is 15.4. The molecule has 1 unspecified atom stereocenters. The highest BCUT2D eigenvalue weighted by atomic mass is 19.4. The summed E-state index contributed by atoms with van der Waals surface area (Å²) >= 11 is 0. The molecule has 1 aromatic carbocycles. The molecule has 0 aliphatic heterocycles. The number of nitrogens with one attached hydrogen (secondary N) is 1. The normalized spacial score (nSPS) is 12.8. The number of aryl methyl sites for hydroxylation is 1. The van der Waals surface area contributed by atoms with E-state index in [2.05, 4.69) is 15.5 Å². The Balaban J connectivity index is 1.64. The largest absolute Gasteiger partial charge is 0.435 e. The number of hydrogen-bond acceptors (Lipinski definition) is 3. The zero-order chi connectivity index (χ0) is 20.3. The van der Waals surface area contributed by atoms with Crippen LogP contribution in [0.15, 0.2) is 48.8 Å². The second-order valence-corrected chi connectivity index (χ2v) is 6.65. The second kappa shape index (κ2) is 7.87. The first-order chi connectivity index (χ1) is 13.2. The summed E-state index contributed by atoms with van der Waals surface area (Å²) in [5, 5.41) is 10.5. The van der Waals surface area contributed by atoms with Gasteiger partial charge in [-0.1, -0.05) is 19.1 Å². The Labute approximate surface area is 160 Å². The van der Waals surface area contributed by atoms with E-state index in [1.54, 1.807) is 23.9 Å². The lowest BCUT2D eigenvalue weighted by Crippen LogP contribution is -2.25. The first-order valence-corrected chi connectivity index (χ1v) is 8.71. The molecule has 28 heavy (non-hydrogen) atoms. The molecule has 0 aliphatic carbocycles. The zero-order valence-corrected chi connectivity index (χ0v) is 15.4. The van der Waals surface area contributed by atoms with Gasteiger partial charge in [-0.15, -0.1) is 0 Å². The van der Waals surface area contributed by atoms with Crippen LogP contribution in [0.3, 0.4) is 0 Å². The number of halogens is 3. The van der Waals surface area contributed by atoms with Gasteiger partial charge >= 0.3 is 6.18 Å². The Kier molecular flexibility index (Phi) is 5.53. The molecule has 0 saturated heterocycles. The summed E-state index contributed by atoms with van der Waals surface area (Å²) in [5.41, 5.74) is 0.985. The number of aromatic nitrogens is 4. The van der Waals surface area contributed by atoms with E-state index in [0.29, 0.717) is 17.9 Å². The Morgan fingerprint density at radius 1 is 1.25 bits per heavy atom. The van der Waals surface area contributed by atoms with Crippen LogP contribution in [-0.2, 0) is 24.1 Å². The van der Waals surface area contributed by atoms with Crippen LogP contribution in [0, 0.1) is 12.8 Å². The first-order valence-electron chi connectivity index (χ1n) is 8.71. The number of rotatable bonds is 6. The number of amides is 1. The van der Waals surface area contributed by atoms with Crippen LogP contribution >= 0.6 is 0 Å². The van der Waals surface area contributed by atoms with Crippen molar-refractivity contribution in [3.8, 4) is 0 Å². The molecule has 1 atom stereocenters. The van der Waals surface area contributed by atoms with Crippen LogP contribution in [0.4, 0.5) is 18.9 Å². The number of carbonyl (C=O) groups is 1. The smallest absolute Gasteiger partial charge is 0.326 e. The summed E-state index contributed by atoms with van der Waals surface area (Å²) in [5.74, 6) is -0.853. The number of nitrogens with zero attached hydrogens (tertiary/aromatic N) is 4. The van der Waals surface area contributed by atoms with Gasteiger partial charge in [-0.25, -0.2) is 0 Å². The number of anilines is 1. The predicted molar refractivity (Wildman–Crippen MR) is 97.5 cm³/mol. The highest BCUT2D eigenvalue weighted by Crippen LogP contribution is 2.28. The molecule has 9 heteroatoms. The molecular weight excluding hydrogens is 371 g/mol. The molecule has 2 aromatic heterocycles. The minimum absolute atomic E-state index is 0.0563. The molecule has 2 heterocycles. The number of carbonyl (C=O) groups excluding carboxylic acids is 1. The molecule has 0 fully saturated rings. The summed E-state index contributed by atoms with van der Waals surface area (Å²) < 4.78 is 41.3. The van der Waals surface area contributed by atoms with Crippen LogP contribution in [-0.4, -0.2) is 25.5 Å². The van der Waals surface area contributed by atoms with Gasteiger partial charge in [0.05, 0.1) is 19.0 Å². The molecule has 1 N–H and O–H groups in total. The standard InChI is InChI=1S/C19H20F3N5O/c1-13(11-27-14(2)9-17(25-27)19(20,21)22)18(28)24-16-6-3-5-15(10-16)12-26-8-4-7-23-26/h3-10,13H,11-12H2,1-2H3,(H,24,28). The van der Waals surface area contributed by atoms with Crippen LogP contribution in [0.5, 0.6) is 0 Å². The molecule has 0 radical (unpaired) electrons. The lowest BCUT2D eigenvalue weighted by Gasteiger charge is -2.14. The van der Waals surface area contributed by atoms with E-state index in [1.807, 2.05) is 30.5 Å². The predicted octanol–water partition coefficient (Wildman–Crippen LogP) is 3.73. The number of hydrogen-bond donors (Lipinski definition) is 1. The fourth-order valence-electron chi connectivity index (χ4n) is 2.77. The first kappa shape index (κ1) is 19.7. The molecule has 3 aromatic rings. The van der Waals surface area contributed by atoms with Crippen molar-refractivity contribution >= 4 is 11.6 Å². The minimum atomic E-state index is -4.50. The highest BCUT2D eigenvalue weighted by Gasteiger charge is 2.34. The SMILES string of the molecule is Cc1cc(C(F)(F)F)nn1CC(C)C(=O)Nc1cccc(Cn2cccn2)c1. The van der Waals surface area contributed by atoms with Gasteiger partial charge in [0.25, 0.3) is 0 Å². The van der Waals surface area contributed by atoms with Gasteiger partial charge in [-0.2, -0.15) is 23.4 Å². The van der Waals surface area contributed by atoms with Crippen molar-refractivity contribution in [2.45, 2.75) is 33.1 Å². The quantitative estimate of drug-likeness (QED) is 0.696. The van der Waals surface area contributed by atoms with Gasteiger partial charge < -0.3 is 5.32 Å². The van der Waals surface area contributed by atoms with E-state index >= 15 is 0 Å². The van der Waals surface area contributed by atoms with E-state index < -0.39 is 17.8 Å². The summed E-state index contributed by atoms with van der Waals surface area (Å²) in [6.07, 6.45) is -0.972. The van der Waals surface area contributed by atoms with Crippen LogP contribution in [0.25, 0.3) is 0 Å². The van der Waals surface area contributed by atoms with Crippen LogP contribution in [0.1, 0.15) is 23.9 Å². The molecule has 1 amide bonds. The van der Waals surface area contributed by atoms with Crippen molar-refractivity contribution in [2.24, 2.45) is 5.92 Å². The van der Waals surface area contributed by atoms with Crippen molar-refractivity contribution < 1.29 is 18.0 Å². The maximum absolute atomic E-state index is 12.8. The van der Waals surface area contributed by atoms with Gasteiger partial charge in [0, 0.05) is 23.8 Å². The monoisotopic (exact) mass is 391 g/mol. The lowest BCUT2D eigenvalue weighted by molar-refractivity contribution is -0.141. The van der Waals surface area contributed by atoms with Gasteiger partial charge in [0.1, 0.15) is 0 Å². The summed E-state index contributed by atoms with van der Waals surface area (Å²) in [6.45, 7) is 3.81. The van der Waals surface area contributed by atoms with Gasteiger partial charge in [0.15, 0.2) is 5.69 Å².